The van der Waals surface area contributed by atoms with Gasteiger partial charge in [-0.15, -0.1) is 24.0 Å². The summed E-state index contributed by atoms with van der Waals surface area (Å²) in [7, 11) is 1.75. The number of guanidine groups is 1. The fourth-order valence-electron chi connectivity index (χ4n) is 3.56. The Balaban J connectivity index is 0.00000341. The molecule has 1 unspecified atom stereocenters. The average molecular weight is 541 g/mol. The molecule has 1 atom stereocenters. The van der Waals surface area contributed by atoms with Crippen LogP contribution in [0.25, 0.3) is 0 Å². The molecule has 0 saturated carbocycles. The summed E-state index contributed by atoms with van der Waals surface area (Å²) in [6.45, 7) is 5.44. The maximum Gasteiger partial charge on any atom is 0.221 e. The zero-order valence-electron chi connectivity index (χ0n) is 18.1. The number of nitrogens with one attached hydrogen (secondary N) is 3. The maximum absolute atomic E-state index is 11.2. The number of halogens is 1. The number of rotatable bonds is 9. The van der Waals surface area contributed by atoms with Crippen LogP contribution in [0, 0.1) is 0 Å². The second-order valence-corrected chi connectivity index (χ2v) is 7.21. The number of aliphatic imine (C=N–C) groups is 1. The molecule has 2 heterocycles. The van der Waals surface area contributed by atoms with Crippen molar-refractivity contribution in [1.82, 2.24) is 15.5 Å². The monoisotopic (exact) mass is 541 g/mol. The number of hydrogen-bond acceptors (Lipinski definition) is 5. The molecule has 9 heteroatoms. The number of benzene rings is 1. The number of carbonyl (C=O) groups is 1. The van der Waals surface area contributed by atoms with E-state index < -0.39 is 0 Å². The van der Waals surface area contributed by atoms with Crippen LogP contribution >= 0.6 is 24.0 Å². The van der Waals surface area contributed by atoms with Crippen LogP contribution in [0.15, 0.2) is 52.1 Å². The molecule has 1 amide bonds. The number of hydrogen-bond donors (Lipinski definition) is 3. The average Bonchev–Trinajstić information content (AvgIpc) is 3.44. The van der Waals surface area contributed by atoms with Gasteiger partial charge >= 0.3 is 0 Å². The smallest absolute Gasteiger partial charge is 0.221 e. The first kappa shape index (κ1) is 25.0. The van der Waals surface area contributed by atoms with E-state index in [-0.39, 0.29) is 35.9 Å². The number of ether oxygens (including phenoxy) is 1. The molecule has 0 radical (unpaired) electrons. The number of anilines is 1. The summed E-state index contributed by atoms with van der Waals surface area (Å²) >= 11 is 0. The molecule has 1 fully saturated rings. The standard InChI is InChI=1S/C22H31N5O3.HI/c1-17(28)26-18-7-5-8-19(15-18)29-14-10-24-22(23-2)25-16-20(21-9-6-13-30-21)27-11-3-4-12-27;/h5-9,13,15,20H,3-4,10-12,14,16H2,1-2H3,(H,26,28)(H2,23,24,25);1H. The lowest BCUT2D eigenvalue weighted by Crippen LogP contribution is -2.43. The lowest BCUT2D eigenvalue weighted by Gasteiger charge is -2.26. The van der Waals surface area contributed by atoms with E-state index in [2.05, 4.69) is 25.8 Å². The van der Waals surface area contributed by atoms with E-state index in [1.807, 2.05) is 30.3 Å². The molecule has 1 aliphatic rings. The lowest BCUT2D eigenvalue weighted by molar-refractivity contribution is -0.114. The molecule has 1 aromatic carbocycles. The Morgan fingerprint density at radius 2 is 2.03 bits per heavy atom. The summed E-state index contributed by atoms with van der Waals surface area (Å²) in [5.41, 5.74) is 0.719. The Morgan fingerprint density at radius 3 is 2.71 bits per heavy atom. The molecule has 2 aromatic rings. The van der Waals surface area contributed by atoms with E-state index in [1.165, 1.54) is 19.8 Å². The number of amides is 1. The van der Waals surface area contributed by atoms with Gasteiger partial charge in [0.1, 0.15) is 18.1 Å². The van der Waals surface area contributed by atoms with E-state index >= 15 is 0 Å². The Hall–Kier alpha value is -2.27. The van der Waals surface area contributed by atoms with Crippen LogP contribution in [0.5, 0.6) is 5.75 Å². The van der Waals surface area contributed by atoms with Gasteiger partial charge < -0.3 is 25.1 Å². The molecule has 170 valence electrons. The van der Waals surface area contributed by atoms with Crippen molar-refractivity contribution in [3.05, 3.63) is 48.4 Å². The zero-order chi connectivity index (χ0) is 21.2. The van der Waals surface area contributed by atoms with Crippen LogP contribution in [0.3, 0.4) is 0 Å². The van der Waals surface area contributed by atoms with Gasteiger partial charge in [-0.25, -0.2) is 0 Å². The van der Waals surface area contributed by atoms with Crippen LogP contribution < -0.4 is 20.7 Å². The van der Waals surface area contributed by atoms with Crippen LogP contribution in [0.1, 0.15) is 31.6 Å². The maximum atomic E-state index is 11.2. The van der Waals surface area contributed by atoms with E-state index in [4.69, 9.17) is 9.15 Å². The van der Waals surface area contributed by atoms with Crippen molar-refractivity contribution in [2.75, 3.05) is 45.2 Å². The quantitative estimate of drug-likeness (QED) is 0.196. The van der Waals surface area contributed by atoms with Gasteiger partial charge in [-0.2, -0.15) is 0 Å². The number of furan rings is 1. The SMILES string of the molecule is CN=C(NCCOc1cccc(NC(C)=O)c1)NCC(c1ccco1)N1CCCC1.I. The van der Waals surface area contributed by atoms with Gasteiger partial charge in [0.05, 0.1) is 18.8 Å². The van der Waals surface area contributed by atoms with Crippen LogP contribution in [-0.4, -0.2) is 56.6 Å². The lowest BCUT2D eigenvalue weighted by atomic mass is 10.2. The van der Waals surface area contributed by atoms with E-state index in [0.29, 0.717) is 25.4 Å². The van der Waals surface area contributed by atoms with Crippen molar-refractivity contribution in [3.63, 3.8) is 0 Å². The molecule has 1 saturated heterocycles. The van der Waals surface area contributed by atoms with E-state index in [0.717, 1.165) is 30.5 Å². The highest BCUT2D eigenvalue weighted by Gasteiger charge is 2.25. The fraction of sp³-hybridized carbons (Fsp3) is 0.455. The van der Waals surface area contributed by atoms with Crippen molar-refractivity contribution < 1.29 is 13.9 Å². The first-order valence-electron chi connectivity index (χ1n) is 10.4. The first-order valence-corrected chi connectivity index (χ1v) is 10.4. The van der Waals surface area contributed by atoms with Crippen molar-refractivity contribution in [2.45, 2.75) is 25.8 Å². The van der Waals surface area contributed by atoms with E-state index in [9.17, 15) is 4.79 Å². The van der Waals surface area contributed by atoms with Gasteiger partial charge in [-0.1, -0.05) is 6.07 Å². The highest BCUT2D eigenvalue weighted by Crippen LogP contribution is 2.24. The molecular formula is C22H32IN5O3. The third kappa shape index (κ3) is 8.06. The minimum atomic E-state index is -0.106. The number of likely N-dealkylation sites (tertiary alicyclic amines) is 1. The first-order chi connectivity index (χ1) is 14.7. The third-order valence-corrected chi connectivity index (χ3v) is 4.96. The second kappa shape index (κ2) is 13.2. The number of nitrogens with zero attached hydrogens (tertiary/aromatic N) is 2. The zero-order valence-corrected chi connectivity index (χ0v) is 20.4. The molecule has 3 N–H and O–H groups in total. The van der Waals surface area contributed by atoms with Crippen molar-refractivity contribution >= 4 is 41.5 Å². The third-order valence-electron chi connectivity index (χ3n) is 4.96. The molecule has 0 aliphatic carbocycles. The van der Waals surface area contributed by atoms with Gasteiger partial charge in [0.2, 0.25) is 5.91 Å². The summed E-state index contributed by atoms with van der Waals surface area (Å²) in [6, 6.07) is 11.5. The molecule has 31 heavy (non-hydrogen) atoms. The number of carbonyl (C=O) groups excluding carboxylic acids is 1. The predicted octanol–water partition coefficient (Wildman–Crippen LogP) is 3.24. The largest absolute Gasteiger partial charge is 0.492 e. The molecule has 8 nitrogen and oxygen atoms in total. The molecule has 0 spiro atoms. The second-order valence-electron chi connectivity index (χ2n) is 7.21. The van der Waals surface area contributed by atoms with Crippen molar-refractivity contribution in [3.8, 4) is 5.75 Å². The Kier molecular flexibility index (Phi) is 10.6. The van der Waals surface area contributed by atoms with Crippen LogP contribution in [-0.2, 0) is 4.79 Å². The highest BCUT2D eigenvalue weighted by atomic mass is 127. The molecule has 0 bridgehead atoms. The van der Waals surface area contributed by atoms with Gasteiger partial charge in [0, 0.05) is 32.3 Å². The minimum absolute atomic E-state index is 0. The molecule has 1 aromatic heterocycles. The summed E-state index contributed by atoms with van der Waals surface area (Å²) < 4.78 is 11.4. The highest BCUT2D eigenvalue weighted by molar-refractivity contribution is 14.0. The topological polar surface area (TPSA) is 91.1 Å². The van der Waals surface area contributed by atoms with Crippen LogP contribution in [0.4, 0.5) is 5.69 Å². The Morgan fingerprint density at radius 1 is 1.23 bits per heavy atom. The summed E-state index contributed by atoms with van der Waals surface area (Å²) in [5, 5.41) is 9.42. The predicted molar refractivity (Wildman–Crippen MR) is 133 cm³/mol. The van der Waals surface area contributed by atoms with Crippen molar-refractivity contribution in [2.24, 2.45) is 4.99 Å². The minimum Gasteiger partial charge on any atom is -0.492 e. The molecule has 3 rings (SSSR count). The summed E-state index contributed by atoms with van der Waals surface area (Å²) in [6.07, 6.45) is 4.18. The van der Waals surface area contributed by atoms with Crippen LogP contribution in [0.2, 0.25) is 0 Å². The van der Waals surface area contributed by atoms with E-state index in [1.54, 1.807) is 19.4 Å². The fourth-order valence-corrected chi connectivity index (χ4v) is 3.56. The van der Waals surface area contributed by atoms with Gasteiger partial charge in [0.15, 0.2) is 5.96 Å². The Bertz CT molecular complexity index is 822. The molecule has 1 aliphatic heterocycles. The van der Waals surface area contributed by atoms with Gasteiger partial charge in [-0.05, 0) is 50.2 Å². The normalized spacial score (nSPS) is 15.1. The van der Waals surface area contributed by atoms with Gasteiger partial charge in [0.25, 0.3) is 0 Å². The molecular weight excluding hydrogens is 509 g/mol. The summed E-state index contributed by atoms with van der Waals surface area (Å²) in [5.74, 6) is 2.30. The summed E-state index contributed by atoms with van der Waals surface area (Å²) in [4.78, 5) is 17.9. The Labute approximate surface area is 200 Å². The van der Waals surface area contributed by atoms with Gasteiger partial charge in [-0.3, -0.25) is 14.7 Å². The van der Waals surface area contributed by atoms with Crippen molar-refractivity contribution in [1.29, 1.82) is 0 Å².